The van der Waals surface area contributed by atoms with Gasteiger partial charge >= 0.3 is 0 Å². The zero-order valence-corrected chi connectivity index (χ0v) is 7.74. The van der Waals surface area contributed by atoms with Crippen LogP contribution in [0.4, 0.5) is 0 Å². The van der Waals surface area contributed by atoms with Gasteiger partial charge in [0.25, 0.3) is 0 Å². The number of hydrogen-bond acceptors (Lipinski definition) is 2. The van der Waals surface area contributed by atoms with Crippen LogP contribution in [-0.4, -0.2) is 11.0 Å². The standard InChI is InChI=1S/C10H13NO2/c1-6-3-4-8(10(11)13)9(5-6)7(2)12/h3-5,7,12H,1-2H3,(H2,11,13)/t7-/m0/s1. The van der Waals surface area contributed by atoms with Gasteiger partial charge in [-0.2, -0.15) is 0 Å². The van der Waals surface area contributed by atoms with Gasteiger partial charge in [0.15, 0.2) is 0 Å². The molecule has 0 spiro atoms. The number of benzene rings is 1. The molecule has 0 saturated heterocycles. The third-order valence-electron chi connectivity index (χ3n) is 1.92. The first-order chi connectivity index (χ1) is 6.02. The van der Waals surface area contributed by atoms with E-state index in [1.165, 1.54) is 0 Å². The van der Waals surface area contributed by atoms with E-state index >= 15 is 0 Å². The second-order valence-corrected chi connectivity index (χ2v) is 3.13. The van der Waals surface area contributed by atoms with Crippen LogP contribution in [0.15, 0.2) is 18.2 Å². The molecular weight excluding hydrogens is 166 g/mol. The smallest absolute Gasteiger partial charge is 0.249 e. The maximum Gasteiger partial charge on any atom is 0.249 e. The van der Waals surface area contributed by atoms with E-state index in [1.807, 2.05) is 6.92 Å². The van der Waals surface area contributed by atoms with Crippen molar-refractivity contribution in [3.63, 3.8) is 0 Å². The number of rotatable bonds is 2. The fraction of sp³-hybridized carbons (Fsp3) is 0.300. The van der Waals surface area contributed by atoms with Crippen molar-refractivity contribution in [2.75, 3.05) is 0 Å². The zero-order valence-electron chi connectivity index (χ0n) is 7.74. The molecule has 3 nitrogen and oxygen atoms in total. The van der Waals surface area contributed by atoms with E-state index in [0.717, 1.165) is 5.56 Å². The molecule has 0 aromatic heterocycles. The fourth-order valence-corrected chi connectivity index (χ4v) is 1.25. The van der Waals surface area contributed by atoms with Crippen LogP contribution in [0, 0.1) is 6.92 Å². The number of carbonyl (C=O) groups is 1. The van der Waals surface area contributed by atoms with Gasteiger partial charge in [0.2, 0.25) is 5.91 Å². The summed E-state index contributed by atoms with van der Waals surface area (Å²) >= 11 is 0. The van der Waals surface area contributed by atoms with E-state index in [0.29, 0.717) is 11.1 Å². The first kappa shape index (κ1) is 9.74. The first-order valence-electron chi connectivity index (χ1n) is 4.11. The van der Waals surface area contributed by atoms with Crippen molar-refractivity contribution in [2.24, 2.45) is 5.73 Å². The van der Waals surface area contributed by atoms with Crippen LogP contribution in [-0.2, 0) is 0 Å². The summed E-state index contributed by atoms with van der Waals surface area (Å²) in [6, 6.07) is 5.20. The maximum atomic E-state index is 10.9. The molecule has 3 N–H and O–H groups in total. The Morgan fingerprint density at radius 2 is 2.15 bits per heavy atom. The quantitative estimate of drug-likeness (QED) is 0.715. The molecule has 0 aliphatic rings. The normalized spacial score (nSPS) is 12.5. The largest absolute Gasteiger partial charge is 0.389 e. The number of nitrogens with two attached hydrogens (primary N) is 1. The van der Waals surface area contributed by atoms with Crippen LogP contribution in [0.5, 0.6) is 0 Å². The molecule has 13 heavy (non-hydrogen) atoms. The molecule has 0 bridgehead atoms. The Hall–Kier alpha value is -1.35. The summed E-state index contributed by atoms with van der Waals surface area (Å²) in [6.45, 7) is 3.51. The van der Waals surface area contributed by atoms with Crippen LogP contribution in [0.25, 0.3) is 0 Å². The van der Waals surface area contributed by atoms with Crippen molar-refractivity contribution in [1.29, 1.82) is 0 Å². The van der Waals surface area contributed by atoms with Crippen molar-refractivity contribution in [3.8, 4) is 0 Å². The number of amides is 1. The fourth-order valence-electron chi connectivity index (χ4n) is 1.25. The van der Waals surface area contributed by atoms with Crippen LogP contribution < -0.4 is 5.73 Å². The minimum atomic E-state index is -0.664. The average Bonchev–Trinajstić information content (AvgIpc) is 2.03. The minimum Gasteiger partial charge on any atom is -0.389 e. The predicted octanol–water partition coefficient (Wildman–Crippen LogP) is 1.15. The molecule has 3 heteroatoms. The molecule has 1 aromatic carbocycles. The Morgan fingerprint density at radius 3 is 2.62 bits per heavy atom. The Kier molecular flexibility index (Phi) is 2.68. The predicted molar refractivity (Wildman–Crippen MR) is 50.3 cm³/mol. The number of aliphatic hydroxyl groups is 1. The third kappa shape index (κ3) is 2.06. The molecular formula is C10H13NO2. The van der Waals surface area contributed by atoms with E-state index in [1.54, 1.807) is 25.1 Å². The number of primary amides is 1. The molecule has 0 aliphatic heterocycles. The summed E-state index contributed by atoms with van der Waals surface area (Å²) in [7, 11) is 0. The molecule has 0 unspecified atom stereocenters. The molecule has 0 fully saturated rings. The van der Waals surface area contributed by atoms with Crippen molar-refractivity contribution < 1.29 is 9.90 Å². The summed E-state index contributed by atoms with van der Waals surface area (Å²) in [5.41, 5.74) is 7.13. The highest BCUT2D eigenvalue weighted by Gasteiger charge is 2.11. The third-order valence-corrected chi connectivity index (χ3v) is 1.92. The average molecular weight is 179 g/mol. The van der Waals surface area contributed by atoms with E-state index < -0.39 is 12.0 Å². The highest BCUT2D eigenvalue weighted by Crippen LogP contribution is 2.18. The molecule has 0 heterocycles. The highest BCUT2D eigenvalue weighted by atomic mass is 16.3. The minimum absolute atomic E-state index is 0.389. The van der Waals surface area contributed by atoms with Crippen LogP contribution in [0.1, 0.15) is 34.5 Å². The molecule has 1 amide bonds. The van der Waals surface area contributed by atoms with Gasteiger partial charge in [0, 0.05) is 5.56 Å². The van der Waals surface area contributed by atoms with Crippen LogP contribution in [0.2, 0.25) is 0 Å². The van der Waals surface area contributed by atoms with Gasteiger partial charge in [-0.05, 0) is 25.5 Å². The number of aryl methyl sites for hydroxylation is 1. The van der Waals surface area contributed by atoms with E-state index in [9.17, 15) is 9.90 Å². The lowest BCUT2D eigenvalue weighted by Gasteiger charge is -2.09. The summed E-state index contributed by atoms with van der Waals surface area (Å²) < 4.78 is 0. The van der Waals surface area contributed by atoms with E-state index in [-0.39, 0.29) is 0 Å². The lowest BCUT2D eigenvalue weighted by Crippen LogP contribution is -2.14. The second-order valence-electron chi connectivity index (χ2n) is 3.13. The van der Waals surface area contributed by atoms with Gasteiger partial charge in [-0.1, -0.05) is 17.7 Å². The Labute approximate surface area is 77.2 Å². The van der Waals surface area contributed by atoms with Crippen molar-refractivity contribution in [1.82, 2.24) is 0 Å². The zero-order chi connectivity index (χ0) is 10.0. The molecule has 1 aromatic rings. The number of aliphatic hydroxyl groups excluding tert-OH is 1. The molecule has 70 valence electrons. The topological polar surface area (TPSA) is 63.3 Å². The van der Waals surface area contributed by atoms with Crippen molar-refractivity contribution in [2.45, 2.75) is 20.0 Å². The summed E-state index contributed by atoms with van der Waals surface area (Å²) in [4.78, 5) is 10.9. The maximum absolute atomic E-state index is 10.9. The van der Waals surface area contributed by atoms with Gasteiger partial charge < -0.3 is 10.8 Å². The van der Waals surface area contributed by atoms with Crippen LogP contribution >= 0.6 is 0 Å². The lowest BCUT2D eigenvalue weighted by atomic mass is 10.0. The highest BCUT2D eigenvalue weighted by molar-refractivity contribution is 5.94. The van der Waals surface area contributed by atoms with Gasteiger partial charge in [0.1, 0.15) is 0 Å². The second kappa shape index (κ2) is 3.58. The van der Waals surface area contributed by atoms with Gasteiger partial charge in [0.05, 0.1) is 6.10 Å². The van der Waals surface area contributed by atoms with Gasteiger partial charge in [-0.25, -0.2) is 0 Å². The van der Waals surface area contributed by atoms with Crippen molar-refractivity contribution >= 4 is 5.91 Å². The van der Waals surface area contributed by atoms with E-state index in [4.69, 9.17) is 5.73 Å². The Bertz CT molecular complexity index is 332. The molecule has 0 saturated carbocycles. The molecule has 0 radical (unpaired) electrons. The van der Waals surface area contributed by atoms with Crippen LogP contribution in [0.3, 0.4) is 0 Å². The molecule has 1 rings (SSSR count). The molecule has 1 atom stereocenters. The number of carbonyl (C=O) groups excluding carboxylic acids is 1. The summed E-state index contributed by atoms with van der Waals surface area (Å²) in [6.07, 6.45) is -0.664. The SMILES string of the molecule is Cc1ccc(C(N)=O)c([C@H](C)O)c1. The Morgan fingerprint density at radius 1 is 1.54 bits per heavy atom. The Balaban J connectivity index is 3.26. The van der Waals surface area contributed by atoms with Crippen molar-refractivity contribution in [3.05, 3.63) is 34.9 Å². The molecule has 0 aliphatic carbocycles. The van der Waals surface area contributed by atoms with E-state index in [2.05, 4.69) is 0 Å². The first-order valence-corrected chi connectivity index (χ1v) is 4.11. The van der Waals surface area contributed by atoms with Gasteiger partial charge in [-0.3, -0.25) is 4.79 Å². The van der Waals surface area contributed by atoms with Gasteiger partial charge in [-0.15, -0.1) is 0 Å². The lowest BCUT2D eigenvalue weighted by molar-refractivity contribution is 0.0994. The summed E-state index contributed by atoms with van der Waals surface area (Å²) in [5, 5.41) is 9.37. The summed E-state index contributed by atoms with van der Waals surface area (Å²) in [5.74, 6) is -0.504. The number of hydrogen-bond donors (Lipinski definition) is 2. The monoisotopic (exact) mass is 179 g/mol.